The molecule has 0 radical (unpaired) electrons. The Labute approximate surface area is 417 Å². The summed E-state index contributed by atoms with van der Waals surface area (Å²) in [6.07, 6.45) is 6.80. The van der Waals surface area contributed by atoms with E-state index >= 15 is 0 Å². The molecular weight excluding hydrogens is 856 g/mol. The largest absolute Gasteiger partial charge is 0.311 e. The molecule has 0 fully saturated rings. The Balaban J connectivity index is 1.10. The standard InChI is InChI=1S/C68H57BN2/c1-67(2,3)56-38-58-65(53-30-15-27-49(53)56)70(40-35-36-48-43-21-8-7-19-41(43)42-20-10-12-25-47(42)55(48)37-40)61-33-18-34-62-64(61)69(58)59-39-57(68(4,5)6)50-28-16-31-54(50)66(59)71(62)60-32-17-29-52-46-23-11-9-22-44(46)45-24-13-14-26-51(45)63(52)60/h7-14,17-26,29,32-39H,15-16,27-28,30-31H2,1-6H3. The van der Waals surface area contributed by atoms with Gasteiger partial charge < -0.3 is 9.80 Å². The van der Waals surface area contributed by atoms with Gasteiger partial charge in [-0.1, -0.05) is 175 Å². The number of benzene rings is 11. The van der Waals surface area contributed by atoms with Crippen molar-refractivity contribution in [2.24, 2.45) is 0 Å². The zero-order chi connectivity index (χ0) is 47.7. The molecule has 11 aromatic rings. The fourth-order valence-corrected chi connectivity index (χ4v) is 14.5. The van der Waals surface area contributed by atoms with Crippen LogP contribution in [0.5, 0.6) is 0 Å². The monoisotopic (exact) mass is 912 g/mol. The van der Waals surface area contributed by atoms with Crippen molar-refractivity contribution in [1.29, 1.82) is 0 Å². The predicted octanol–water partition coefficient (Wildman–Crippen LogP) is 16.3. The number of fused-ring (bicyclic) bond motifs is 20. The Hall–Kier alpha value is -7.36. The first-order valence-electron chi connectivity index (χ1n) is 26.3. The first-order chi connectivity index (χ1) is 34.5. The SMILES string of the molecule is CC(C)(C)c1cc2c(c3c1CCC3)N(c1ccc3c4ccccc4c4ccccc4c3c1)c1cccc3c1B2c1cc(C(C)(C)C)c2c(c1N3c1cccc3c4ccccc4c4ccccc4c13)CCC2. The summed E-state index contributed by atoms with van der Waals surface area (Å²) in [5.41, 5.74) is 21.6. The number of hydrogen-bond donors (Lipinski definition) is 0. The maximum atomic E-state index is 2.77. The minimum absolute atomic E-state index is 0.0121. The second-order valence-electron chi connectivity index (χ2n) is 23.3. The molecular formula is C68H57BN2. The molecule has 11 aromatic carbocycles. The molecule has 2 aliphatic heterocycles. The third kappa shape index (κ3) is 5.67. The summed E-state index contributed by atoms with van der Waals surface area (Å²) in [6.45, 7) is 14.7. The summed E-state index contributed by atoms with van der Waals surface area (Å²) in [4.78, 5) is 5.50. The van der Waals surface area contributed by atoms with Gasteiger partial charge in [0.05, 0.1) is 5.69 Å². The third-order valence-electron chi connectivity index (χ3n) is 17.3. The van der Waals surface area contributed by atoms with Crippen molar-refractivity contribution in [2.45, 2.75) is 90.9 Å². The third-order valence-corrected chi connectivity index (χ3v) is 17.3. The molecule has 15 rings (SSSR count). The molecule has 2 nitrogen and oxygen atoms in total. The number of nitrogens with zero attached hydrogens (tertiary/aromatic N) is 2. The average molecular weight is 913 g/mol. The molecule has 0 bridgehead atoms. The van der Waals surface area contributed by atoms with E-state index in [2.05, 4.69) is 215 Å². The summed E-state index contributed by atoms with van der Waals surface area (Å²) < 4.78 is 0. The Bertz CT molecular complexity index is 4080. The molecule has 3 heteroatoms. The van der Waals surface area contributed by atoms with Crippen molar-refractivity contribution in [1.82, 2.24) is 0 Å². The fourth-order valence-electron chi connectivity index (χ4n) is 14.5. The van der Waals surface area contributed by atoms with Crippen LogP contribution in [0, 0.1) is 0 Å². The van der Waals surface area contributed by atoms with Gasteiger partial charge in [0.1, 0.15) is 0 Å². The molecule has 342 valence electrons. The maximum absolute atomic E-state index is 2.77. The van der Waals surface area contributed by atoms with Crippen LogP contribution in [0.25, 0.3) is 64.6 Å². The highest BCUT2D eigenvalue weighted by Crippen LogP contribution is 2.53. The highest BCUT2D eigenvalue weighted by Gasteiger charge is 2.48. The van der Waals surface area contributed by atoms with Crippen LogP contribution in [0.15, 0.2) is 164 Å². The van der Waals surface area contributed by atoms with Crippen molar-refractivity contribution < 1.29 is 0 Å². The van der Waals surface area contributed by atoms with Gasteiger partial charge in [-0.05, 0) is 189 Å². The lowest BCUT2D eigenvalue weighted by Gasteiger charge is -2.46. The topological polar surface area (TPSA) is 6.48 Å². The summed E-state index contributed by atoms with van der Waals surface area (Å²) in [5, 5.41) is 15.7. The van der Waals surface area contributed by atoms with Crippen LogP contribution in [0.1, 0.15) is 87.8 Å². The maximum Gasteiger partial charge on any atom is 0.252 e. The minimum Gasteiger partial charge on any atom is -0.311 e. The van der Waals surface area contributed by atoms with E-state index in [0.717, 1.165) is 25.7 Å². The van der Waals surface area contributed by atoms with E-state index in [4.69, 9.17) is 0 Å². The zero-order valence-corrected chi connectivity index (χ0v) is 41.8. The van der Waals surface area contributed by atoms with Crippen LogP contribution in [0.4, 0.5) is 34.1 Å². The van der Waals surface area contributed by atoms with Crippen LogP contribution in [-0.4, -0.2) is 6.71 Å². The van der Waals surface area contributed by atoms with Crippen molar-refractivity contribution in [3.63, 3.8) is 0 Å². The first-order valence-corrected chi connectivity index (χ1v) is 26.3. The van der Waals surface area contributed by atoms with Gasteiger partial charge in [-0.15, -0.1) is 0 Å². The highest BCUT2D eigenvalue weighted by atomic mass is 15.2. The molecule has 0 unspecified atom stereocenters. The molecule has 0 saturated carbocycles. The Morgan fingerprint density at radius 2 is 0.732 bits per heavy atom. The van der Waals surface area contributed by atoms with Gasteiger partial charge in [-0.25, -0.2) is 0 Å². The summed E-state index contributed by atoms with van der Waals surface area (Å²) in [5.74, 6) is 0. The van der Waals surface area contributed by atoms with E-state index in [0.29, 0.717) is 0 Å². The van der Waals surface area contributed by atoms with Gasteiger partial charge in [0.25, 0.3) is 6.71 Å². The van der Waals surface area contributed by atoms with Crippen LogP contribution in [0.3, 0.4) is 0 Å². The highest BCUT2D eigenvalue weighted by molar-refractivity contribution is 7.00. The summed E-state index contributed by atoms with van der Waals surface area (Å²) in [7, 11) is 0. The lowest BCUT2D eigenvalue weighted by atomic mass is 9.32. The van der Waals surface area contributed by atoms with E-state index in [-0.39, 0.29) is 17.5 Å². The van der Waals surface area contributed by atoms with E-state index in [1.807, 2.05) is 0 Å². The second kappa shape index (κ2) is 14.6. The number of anilines is 6. The lowest BCUT2D eigenvalue weighted by molar-refractivity contribution is 0.584. The van der Waals surface area contributed by atoms with Crippen molar-refractivity contribution in [3.05, 3.63) is 197 Å². The van der Waals surface area contributed by atoms with Crippen molar-refractivity contribution in [3.8, 4) is 0 Å². The molecule has 2 heterocycles. The number of rotatable bonds is 2. The molecule has 0 atom stereocenters. The van der Waals surface area contributed by atoms with E-state index in [1.165, 1.54) is 139 Å². The minimum atomic E-state index is -0.0152. The van der Waals surface area contributed by atoms with E-state index < -0.39 is 0 Å². The summed E-state index contributed by atoms with van der Waals surface area (Å²) in [6, 6.07) is 63.5. The average Bonchev–Trinajstić information content (AvgIpc) is 4.09. The molecule has 0 aromatic heterocycles. The molecule has 0 saturated heterocycles. The van der Waals surface area contributed by atoms with E-state index in [9.17, 15) is 0 Å². The van der Waals surface area contributed by atoms with E-state index in [1.54, 1.807) is 22.3 Å². The Kier molecular flexibility index (Phi) is 8.53. The predicted molar refractivity (Wildman–Crippen MR) is 307 cm³/mol. The van der Waals surface area contributed by atoms with Crippen molar-refractivity contribution in [2.75, 3.05) is 9.80 Å². The van der Waals surface area contributed by atoms with Gasteiger partial charge in [0.15, 0.2) is 0 Å². The van der Waals surface area contributed by atoms with Crippen LogP contribution in [-0.2, 0) is 36.5 Å². The van der Waals surface area contributed by atoms with Gasteiger partial charge >= 0.3 is 0 Å². The molecule has 2 aliphatic carbocycles. The van der Waals surface area contributed by atoms with Gasteiger partial charge in [-0.3, -0.25) is 0 Å². The molecule has 0 spiro atoms. The van der Waals surface area contributed by atoms with Gasteiger partial charge in [0, 0.05) is 33.8 Å². The van der Waals surface area contributed by atoms with Crippen LogP contribution < -0.4 is 26.2 Å². The molecule has 71 heavy (non-hydrogen) atoms. The lowest BCUT2D eigenvalue weighted by Crippen LogP contribution is -2.62. The second-order valence-corrected chi connectivity index (χ2v) is 23.3. The Morgan fingerprint density at radius 3 is 1.24 bits per heavy atom. The summed E-state index contributed by atoms with van der Waals surface area (Å²) >= 11 is 0. The normalized spacial score (nSPS) is 15.0. The Morgan fingerprint density at radius 1 is 0.352 bits per heavy atom. The van der Waals surface area contributed by atoms with Crippen molar-refractivity contribution >= 4 is 122 Å². The quantitative estimate of drug-likeness (QED) is 0.126. The molecule has 4 aliphatic rings. The fraction of sp³-hybridized carbons (Fsp3) is 0.206. The van der Waals surface area contributed by atoms with Gasteiger partial charge in [-0.2, -0.15) is 0 Å². The zero-order valence-electron chi connectivity index (χ0n) is 41.8. The molecule has 0 N–H and O–H groups in total. The van der Waals surface area contributed by atoms with Crippen LogP contribution in [0.2, 0.25) is 0 Å². The number of hydrogen-bond acceptors (Lipinski definition) is 2. The molecule has 0 amide bonds. The smallest absolute Gasteiger partial charge is 0.252 e. The van der Waals surface area contributed by atoms with Crippen LogP contribution >= 0.6 is 0 Å². The first kappa shape index (κ1) is 41.4. The van der Waals surface area contributed by atoms with Gasteiger partial charge in [0.2, 0.25) is 0 Å².